The Bertz CT molecular complexity index is 646. The second-order valence-electron chi connectivity index (χ2n) is 6.67. The van der Waals surface area contributed by atoms with Crippen LogP contribution in [-0.2, 0) is 14.8 Å². The van der Waals surface area contributed by atoms with Crippen molar-refractivity contribution in [1.82, 2.24) is 5.32 Å². The Morgan fingerprint density at radius 2 is 1.82 bits per heavy atom. The van der Waals surface area contributed by atoms with Crippen LogP contribution in [0.4, 0.5) is 5.69 Å². The average molecular weight is 326 g/mol. The van der Waals surface area contributed by atoms with Gasteiger partial charge in [0.1, 0.15) is 0 Å². The Kier molecular flexibility index (Phi) is 5.62. The highest BCUT2D eigenvalue weighted by Gasteiger charge is 2.21. The lowest BCUT2D eigenvalue weighted by atomic mass is 10.1. The smallest absolute Gasteiger partial charge is 0.232 e. The summed E-state index contributed by atoms with van der Waals surface area (Å²) < 4.78 is 25.5. The minimum atomic E-state index is -3.44. The summed E-state index contributed by atoms with van der Waals surface area (Å²) in [5, 5.41) is 2.84. The van der Waals surface area contributed by atoms with Crippen LogP contribution in [0.25, 0.3) is 0 Å². The molecule has 0 fully saturated rings. The number of hydrogen-bond acceptors (Lipinski definition) is 3. The molecule has 1 amide bonds. The second kappa shape index (κ2) is 6.69. The molecule has 0 atom stereocenters. The van der Waals surface area contributed by atoms with E-state index in [0.717, 1.165) is 17.4 Å². The molecule has 5 nitrogen and oxygen atoms in total. The molecular weight excluding hydrogens is 300 g/mol. The summed E-state index contributed by atoms with van der Waals surface area (Å²) >= 11 is 0. The van der Waals surface area contributed by atoms with E-state index in [4.69, 9.17) is 0 Å². The molecule has 1 aromatic rings. The SMILES string of the molecule is Cc1ccc(C)c(N(CCC(=O)NC(C)(C)C)S(C)(=O)=O)c1. The lowest BCUT2D eigenvalue weighted by molar-refractivity contribution is -0.122. The van der Waals surface area contributed by atoms with E-state index < -0.39 is 10.0 Å². The maximum atomic E-state index is 12.1. The molecule has 0 heterocycles. The molecule has 0 aliphatic rings. The normalized spacial score (nSPS) is 12.1. The van der Waals surface area contributed by atoms with E-state index in [1.807, 2.05) is 52.8 Å². The topological polar surface area (TPSA) is 66.5 Å². The number of rotatable bonds is 5. The summed E-state index contributed by atoms with van der Waals surface area (Å²) in [6.07, 6.45) is 1.29. The maximum absolute atomic E-state index is 12.1. The van der Waals surface area contributed by atoms with Crippen LogP contribution in [0, 0.1) is 13.8 Å². The van der Waals surface area contributed by atoms with Crippen LogP contribution >= 0.6 is 0 Å². The molecule has 0 saturated carbocycles. The van der Waals surface area contributed by atoms with Gasteiger partial charge in [0, 0.05) is 18.5 Å². The van der Waals surface area contributed by atoms with E-state index in [1.54, 1.807) is 0 Å². The number of amides is 1. The molecule has 1 N–H and O–H groups in total. The van der Waals surface area contributed by atoms with Crippen molar-refractivity contribution in [3.63, 3.8) is 0 Å². The molecule has 0 saturated heterocycles. The van der Waals surface area contributed by atoms with Gasteiger partial charge in [-0.3, -0.25) is 9.10 Å². The highest BCUT2D eigenvalue weighted by atomic mass is 32.2. The van der Waals surface area contributed by atoms with Gasteiger partial charge in [-0.25, -0.2) is 8.42 Å². The Labute approximate surface area is 133 Å². The zero-order valence-corrected chi connectivity index (χ0v) is 15.0. The molecule has 0 spiro atoms. The molecule has 0 unspecified atom stereocenters. The molecule has 124 valence electrons. The minimum Gasteiger partial charge on any atom is -0.351 e. The summed E-state index contributed by atoms with van der Waals surface area (Å²) in [5.41, 5.74) is 2.15. The summed E-state index contributed by atoms with van der Waals surface area (Å²) in [6, 6.07) is 5.65. The van der Waals surface area contributed by atoms with E-state index in [-0.39, 0.29) is 24.4 Å². The van der Waals surface area contributed by atoms with E-state index >= 15 is 0 Å². The number of carbonyl (C=O) groups excluding carboxylic acids is 1. The van der Waals surface area contributed by atoms with Crippen molar-refractivity contribution < 1.29 is 13.2 Å². The molecule has 0 aliphatic carbocycles. The highest BCUT2D eigenvalue weighted by Crippen LogP contribution is 2.24. The standard InChI is InChI=1S/C16H26N2O3S/c1-12-7-8-13(2)14(11-12)18(22(6,20)21)10-9-15(19)17-16(3,4)5/h7-8,11H,9-10H2,1-6H3,(H,17,19). The third-order valence-electron chi connectivity index (χ3n) is 3.09. The number of carbonyl (C=O) groups is 1. The van der Waals surface area contributed by atoms with Crippen molar-refractivity contribution in [2.45, 2.75) is 46.6 Å². The summed E-state index contributed by atoms with van der Waals surface area (Å²) in [5.74, 6) is -0.161. The molecule has 0 radical (unpaired) electrons. The van der Waals surface area contributed by atoms with E-state index in [2.05, 4.69) is 5.32 Å². The monoisotopic (exact) mass is 326 g/mol. The largest absolute Gasteiger partial charge is 0.351 e. The van der Waals surface area contributed by atoms with Crippen LogP contribution in [0.1, 0.15) is 38.3 Å². The quantitative estimate of drug-likeness (QED) is 0.903. The zero-order chi connectivity index (χ0) is 17.1. The number of sulfonamides is 1. The van der Waals surface area contributed by atoms with Gasteiger partial charge in [-0.2, -0.15) is 0 Å². The number of nitrogens with zero attached hydrogens (tertiary/aromatic N) is 1. The van der Waals surface area contributed by atoms with Crippen molar-refractivity contribution in [2.75, 3.05) is 17.1 Å². The van der Waals surface area contributed by atoms with Gasteiger partial charge < -0.3 is 5.32 Å². The summed E-state index contributed by atoms with van der Waals surface area (Å²) in [6.45, 7) is 9.58. The molecular formula is C16H26N2O3S. The maximum Gasteiger partial charge on any atom is 0.232 e. The van der Waals surface area contributed by atoms with Gasteiger partial charge in [0.25, 0.3) is 0 Å². The van der Waals surface area contributed by atoms with Gasteiger partial charge in [0.05, 0.1) is 11.9 Å². The molecule has 0 aromatic heterocycles. The minimum absolute atomic E-state index is 0.123. The number of aryl methyl sites for hydroxylation is 2. The van der Waals surface area contributed by atoms with E-state index in [9.17, 15) is 13.2 Å². The van der Waals surface area contributed by atoms with Gasteiger partial charge in [-0.05, 0) is 51.8 Å². The van der Waals surface area contributed by atoms with E-state index in [0.29, 0.717) is 5.69 Å². The van der Waals surface area contributed by atoms with E-state index in [1.165, 1.54) is 4.31 Å². The fourth-order valence-corrected chi connectivity index (χ4v) is 3.11. The Morgan fingerprint density at radius 3 is 2.32 bits per heavy atom. The van der Waals surface area contributed by atoms with Crippen molar-refractivity contribution in [3.05, 3.63) is 29.3 Å². The molecule has 0 bridgehead atoms. The van der Waals surface area contributed by atoms with Crippen molar-refractivity contribution in [3.8, 4) is 0 Å². The van der Waals surface area contributed by atoms with Gasteiger partial charge >= 0.3 is 0 Å². The van der Waals surface area contributed by atoms with Gasteiger partial charge in [0.2, 0.25) is 15.9 Å². The Hall–Kier alpha value is -1.56. The molecule has 1 aromatic carbocycles. The van der Waals surface area contributed by atoms with Crippen molar-refractivity contribution in [1.29, 1.82) is 0 Å². The van der Waals surface area contributed by atoms with Crippen LogP contribution in [0.5, 0.6) is 0 Å². The lowest BCUT2D eigenvalue weighted by Gasteiger charge is -2.26. The second-order valence-corrected chi connectivity index (χ2v) is 8.58. The predicted octanol–water partition coefficient (Wildman–Crippen LogP) is 2.37. The number of nitrogens with one attached hydrogen (secondary N) is 1. The summed E-state index contributed by atoms with van der Waals surface area (Å²) in [4.78, 5) is 11.9. The first-order valence-corrected chi connectivity index (χ1v) is 9.11. The lowest BCUT2D eigenvalue weighted by Crippen LogP contribution is -2.42. The Morgan fingerprint density at radius 1 is 1.23 bits per heavy atom. The van der Waals surface area contributed by atoms with Crippen LogP contribution < -0.4 is 9.62 Å². The van der Waals surface area contributed by atoms with Crippen molar-refractivity contribution >= 4 is 21.6 Å². The summed E-state index contributed by atoms with van der Waals surface area (Å²) in [7, 11) is -3.44. The molecule has 1 rings (SSSR count). The fraction of sp³-hybridized carbons (Fsp3) is 0.562. The molecule has 6 heteroatoms. The first-order valence-electron chi connectivity index (χ1n) is 7.26. The predicted molar refractivity (Wildman–Crippen MR) is 90.6 cm³/mol. The van der Waals surface area contributed by atoms with Crippen LogP contribution in [0.15, 0.2) is 18.2 Å². The van der Waals surface area contributed by atoms with Crippen molar-refractivity contribution in [2.24, 2.45) is 0 Å². The van der Waals surface area contributed by atoms with Crippen LogP contribution in [0.3, 0.4) is 0 Å². The third kappa shape index (κ3) is 5.67. The first-order chi connectivity index (χ1) is 9.90. The van der Waals surface area contributed by atoms with Gasteiger partial charge in [0.15, 0.2) is 0 Å². The van der Waals surface area contributed by atoms with Gasteiger partial charge in [-0.1, -0.05) is 12.1 Å². The third-order valence-corrected chi connectivity index (χ3v) is 4.27. The zero-order valence-electron chi connectivity index (χ0n) is 14.2. The molecule has 0 aliphatic heterocycles. The van der Waals surface area contributed by atoms with Gasteiger partial charge in [-0.15, -0.1) is 0 Å². The Balaban J connectivity index is 2.97. The van der Waals surface area contributed by atoms with Crippen LogP contribution in [-0.4, -0.2) is 32.7 Å². The number of hydrogen-bond donors (Lipinski definition) is 1. The highest BCUT2D eigenvalue weighted by molar-refractivity contribution is 7.92. The number of anilines is 1. The number of benzene rings is 1. The first kappa shape index (κ1) is 18.5. The van der Waals surface area contributed by atoms with Crippen LogP contribution in [0.2, 0.25) is 0 Å². The average Bonchev–Trinajstić information content (AvgIpc) is 2.29. The fourth-order valence-electron chi connectivity index (χ4n) is 2.14. The molecule has 22 heavy (non-hydrogen) atoms.